The molecule has 0 atom stereocenters. The third-order valence-electron chi connectivity index (χ3n) is 0.961. The van der Waals surface area contributed by atoms with Crippen LogP contribution in [-0.4, -0.2) is 0 Å². The molecule has 0 rings (SSSR count). The van der Waals surface area contributed by atoms with Crippen molar-refractivity contribution >= 4 is 0 Å². The number of hydrogen-bond acceptors (Lipinski definition) is 1. The van der Waals surface area contributed by atoms with E-state index in [2.05, 4.69) is 6.58 Å². The summed E-state index contributed by atoms with van der Waals surface area (Å²) in [6.07, 6.45) is 5.65. The summed E-state index contributed by atoms with van der Waals surface area (Å²) >= 11 is 0. The van der Waals surface area contributed by atoms with Crippen LogP contribution in [0.5, 0.6) is 0 Å². The van der Waals surface area contributed by atoms with E-state index in [0.717, 1.165) is 11.3 Å². The Kier molecular flexibility index (Phi) is 3.52. The van der Waals surface area contributed by atoms with Crippen molar-refractivity contribution < 1.29 is 0 Å². The SMILES string of the molecule is C=C(C)/C(N)=C/C=C\C. The molecule has 0 saturated carbocycles. The Morgan fingerprint density at radius 1 is 1.56 bits per heavy atom. The van der Waals surface area contributed by atoms with E-state index in [1.807, 2.05) is 32.1 Å². The van der Waals surface area contributed by atoms with Crippen LogP contribution < -0.4 is 5.73 Å². The lowest BCUT2D eigenvalue weighted by atomic mass is 10.2. The summed E-state index contributed by atoms with van der Waals surface area (Å²) < 4.78 is 0. The lowest BCUT2D eigenvalue weighted by Gasteiger charge is -1.93. The van der Waals surface area contributed by atoms with Crippen molar-refractivity contribution in [3.63, 3.8) is 0 Å². The molecule has 0 spiro atoms. The molecule has 1 nitrogen and oxygen atoms in total. The molecule has 0 aliphatic carbocycles. The third kappa shape index (κ3) is 3.59. The van der Waals surface area contributed by atoms with Crippen LogP contribution in [0, 0.1) is 0 Å². The van der Waals surface area contributed by atoms with Crippen LogP contribution in [0.2, 0.25) is 0 Å². The monoisotopic (exact) mass is 123 g/mol. The summed E-state index contributed by atoms with van der Waals surface area (Å²) in [7, 11) is 0. The van der Waals surface area contributed by atoms with Gasteiger partial charge in [0.2, 0.25) is 0 Å². The van der Waals surface area contributed by atoms with Crippen molar-refractivity contribution in [3.05, 3.63) is 36.1 Å². The number of allylic oxidation sites excluding steroid dienone is 4. The van der Waals surface area contributed by atoms with Gasteiger partial charge in [-0.25, -0.2) is 0 Å². The summed E-state index contributed by atoms with van der Waals surface area (Å²) in [6.45, 7) is 7.51. The first-order chi connectivity index (χ1) is 4.18. The van der Waals surface area contributed by atoms with Gasteiger partial charge in [-0.15, -0.1) is 0 Å². The molecule has 50 valence electrons. The maximum absolute atomic E-state index is 5.51. The molecular formula is C8H13N. The first kappa shape index (κ1) is 8.02. The molecule has 2 N–H and O–H groups in total. The van der Waals surface area contributed by atoms with E-state index in [4.69, 9.17) is 5.73 Å². The zero-order valence-corrected chi connectivity index (χ0v) is 6.02. The normalized spacial score (nSPS) is 12.4. The van der Waals surface area contributed by atoms with Crippen LogP contribution >= 0.6 is 0 Å². The van der Waals surface area contributed by atoms with Gasteiger partial charge in [-0.1, -0.05) is 18.7 Å². The van der Waals surface area contributed by atoms with Crippen molar-refractivity contribution in [1.82, 2.24) is 0 Å². The van der Waals surface area contributed by atoms with E-state index in [1.165, 1.54) is 0 Å². The summed E-state index contributed by atoms with van der Waals surface area (Å²) in [5.41, 5.74) is 7.17. The standard InChI is InChI=1S/C8H13N/c1-4-5-6-8(9)7(2)3/h4-6H,2,9H2,1,3H3/b5-4-,8-6-. The molecule has 1 heteroatoms. The maximum Gasteiger partial charge on any atom is 0.0337 e. The summed E-state index contributed by atoms with van der Waals surface area (Å²) in [6, 6.07) is 0. The Morgan fingerprint density at radius 2 is 2.11 bits per heavy atom. The van der Waals surface area contributed by atoms with Gasteiger partial charge in [-0.2, -0.15) is 0 Å². The van der Waals surface area contributed by atoms with E-state index in [0.29, 0.717) is 0 Å². The molecule has 0 radical (unpaired) electrons. The predicted molar refractivity (Wildman–Crippen MR) is 41.9 cm³/mol. The first-order valence-electron chi connectivity index (χ1n) is 2.92. The highest BCUT2D eigenvalue weighted by Crippen LogP contribution is 1.97. The van der Waals surface area contributed by atoms with Crippen LogP contribution in [0.15, 0.2) is 36.1 Å². The highest BCUT2D eigenvalue weighted by atomic mass is 14.6. The number of nitrogens with two attached hydrogens (primary N) is 1. The van der Waals surface area contributed by atoms with Gasteiger partial charge in [0.15, 0.2) is 0 Å². The average Bonchev–Trinajstić information content (AvgIpc) is 1.82. The van der Waals surface area contributed by atoms with Gasteiger partial charge in [0, 0.05) is 5.70 Å². The van der Waals surface area contributed by atoms with Crippen molar-refractivity contribution in [2.75, 3.05) is 0 Å². The molecule has 0 bridgehead atoms. The number of hydrogen-bond donors (Lipinski definition) is 1. The molecular weight excluding hydrogens is 110 g/mol. The maximum atomic E-state index is 5.51. The molecule has 9 heavy (non-hydrogen) atoms. The van der Waals surface area contributed by atoms with Crippen molar-refractivity contribution in [1.29, 1.82) is 0 Å². The molecule has 0 saturated heterocycles. The fourth-order valence-corrected chi connectivity index (χ4v) is 0.342. The highest BCUT2D eigenvalue weighted by molar-refractivity contribution is 5.26. The van der Waals surface area contributed by atoms with Gasteiger partial charge in [0.25, 0.3) is 0 Å². The topological polar surface area (TPSA) is 26.0 Å². The molecule has 0 unspecified atom stereocenters. The molecule has 0 aliphatic rings. The largest absolute Gasteiger partial charge is 0.399 e. The third-order valence-corrected chi connectivity index (χ3v) is 0.961. The minimum atomic E-state index is 0.744. The van der Waals surface area contributed by atoms with E-state index in [9.17, 15) is 0 Å². The Bertz CT molecular complexity index is 152. The second-order valence-electron chi connectivity index (χ2n) is 1.93. The summed E-state index contributed by atoms with van der Waals surface area (Å²) in [5, 5.41) is 0. The van der Waals surface area contributed by atoms with Gasteiger partial charge in [0.05, 0.1) is 0 Å². The Hall–Kier alpha value is -0.980. The van der Waals surface area contributed by atoms with Gasteiger partial charge in [0.1, 0.15) is 0 Å². The van der Waals surface area contributed by atoms with E-state index in [1.54, 1.807) is 0 Å². The Balaban J connectivity index is 4.00. The quantitative estimate of drug-likeness (QED) is 0.558. The molecule has 0 aromatic rings. The smallest absolute Gasteiger partial charge is 0.0337 e. The highest BCUT2D eigenvalue weighted by Gasteiger charge is 1.83. The fourth-order valence-electron chi connectivity index (χ4n) is 0.342. The minimum absolute atomic E-state index is 0.744. The van der Waals surface area contributed by atoms with Crippen molar-refractivity contribution in [3.8, 4) is 0 Å². The van der Waals surface area contributed by atoms with Crippen LogP contribution in [0.4, 0.5) is 0 Å². The van der Waals surface area contributed by atoms with Crippen LogP contribution in [0.1, 0.15) is 13.8 Å². The zero-order valence-electron chi connectivity index (χ0n) is 6.02. The molecule has 0 heterocycles. The minimum Gasteiger partial charge on any atom is -0.399 e. The lowest BCUT2D eigenvalue weighted by Crippen LogP contribution is -1.95. The van der Waals surface area contributed by atoms with E-state index >= 15 is 0 Å². The molecule has 0 fully saturated rings. The Labute approximate surface area is 56.6 Å². The van der Waals surface area contributed by atoms with E-state index < -0.39 is 0 Å². The average molecular weight is 123 g/mol. The molecule has 0 aliphatic heterocycles. The summed E-state index contributed by atoms with van der Waals surface area (Å²) in [4.78, 5) is 0. The van der Waals surface area contributed by atoms with Gasteiger partial charge in [-0.3, -0.25) is 0 Å². The van der Waals surface area contributed by atoms with Crippen LogP contribution in [0.3, 0.4) is 0 Å². The molecule has 0 amide bonds. The number of rotatable bonds is 2. The summed E-state index contributed by atoms with van der Waals surface area (Å²) in [5.74, 6) is 0. The first-order valence-corrected chi connectivity index (χ1v) is 2.92. The van der Waals surface area contributed by atoms with Gasteiger partial charge in [-0.05, 0) is 25.5 Å². The lowest BCUT2D eigenvalue weighted by molar-refractivity contribution is 1.30. The van der Waals surface area contributed by atoms with Crippen molar-refractivity contribution in [2.24, 2.45) is 5.73 Å². The predicted octanol–water partition coefficient (Wildman–Crippen LogP) is 1.98. The molecule has 0 aromatic carbocycles. The van der Waals surface area contributed by atoms with Crippen LogP contribution in [-0.2, 0) is 0 Å². The Morgan fingerprint density at radius 3 is 2.44 bits per heavy atom. The van der Waals surface area contributed by atoms with Crippen molar-refractivity contribution in [2.45, 2.75) is 13.8 Å². The second kappa shape index (κ2) is 3.96. The zero-order chi connectivity index (χ0) is 7.28. The van der Waals surface area contributed by atoms with E-state index in [-0.39, 0.29) is 0 Å². The fraction of sp³-hybridized carbons (Fsp3) is 0.250. The second-order valence-corrected chi connectivity index (χ2v) is 1.93. The molecule has 0 aromatic heterocycles. The van der Waals surface area contributed by atoms with Gasteiger partial charge < -0.3 is 5.73 Å². The van der Waals surface area contributed by atoms with Gasteiger partial charge >= 0.3 is 0 Å². The van der Waals surface area contributed by atoms with Crippen LogP contribution in [0.25, 0.3) is 0 Å².